The predicted molar refractivity (Wildman–Crippen MR) is 63.2 cm³/mol. The van der Waals surface area contributed by atoms with Crippen LogP contribution >= 0.6 is 0 Å². The van der Waals surface area contributed by atoms with E-state index >= 15 is 0 Å². The zero-order valence-electron chi connectivity index (χ0n) is 11.4. The summed E-state index contributed by atoms with van der Waals surface area (Å²) in [4.78, 5) is 24.7. The van der Waals surface area contributed by atoms with Crippen molar-refractivity contribution in [2.75, 3.05) is 6.54 Å². The summed E-state index contributed by atoms with van der Waals surface area (Å²) in [5.41, 5.74) is 0. The quantitative estimate of drug-likeness (QED) is 0.853. The van der Waals surface area contributed by atoms with Crippen LogP contribution in [0.2, 0.25) is 0 Å². The Bertz CT molecular complexity index is 366. The van der Waals surface area contributed by atoms with Crippen LogP contribution in [0.25, 0.3) is 0 Å². The highest BCUT2D eigenvalue weighted by molar-refractivity contribution is 5.97. The minimum absolute atomic E-state index is 0.250. The van der Waals surface area contributed by atoms with Crippen LogP contribution in [0.5, 0.6) is 0 Å². The molecule has 1 rings (SSSR count). The Kier molecular flexibility index (Phi) is 4.47. The normalized spacial score (nSPS) is 25.2. The first-order chi connectivity index (χ1) is 8.54. The maximum absolute atomic E-state index is 12.6. The van der Waals surface area contributed by atoms with Crippen molar-refractivity contribution in [1.82, 2.24) is 10.2 Å². The van der Waals surface area contributed by atoms with Gasteiger partial charge in [0, 0.05) is 0 Å². The van der Waals surface area contributed by atoms with E-state index in [0.717, 1.165) is 0 Å². The Labute approximate surface area is 110 Å². The van der Waals surface area contributed by atoms with E-state index in [4.69, 9.17) is 0 Å². The maximum atomic E-state index is 12.6. The van der Waals surface area contributed by atoms with E-state index < -0.39 is 36.6 Å². The second kappa shape index (κ2) is 5.38. The van der Waals surface area contributed by atoms with E-state index in [0.29, 0.717) is 4.90 Å². The van der Waals surface area contributed by atoms with Crippen molar-refractivity contribution in [1.29, 1.82) is 0 Å². The molecule has 1 fully saturated rings. The van der Waals surface area contributed by atoms with Crippen molar-refractivity contribution in [3.05, 3.63) is 0 Å². The van der Waals surface area contributed by atoms with Gasteiger partial charge in [-0.25, -0.2) is 0 Å². The number of hydrogen-bond acceptors (Lipinski definition) is 2. The van der Waals surface area contributed by atoms with Gasteiger partial charge in [0.2, 0.25) is 11.8 Å². The smallest absolute Gasteiger partial charge is 0.342 e. The molecule has 1 aliphatic heterocycles. The van der Waals surface area contributed by atoms with Crippen molar-refractivity contribution in [3.63, 3.8) is 0 Å². The number of piperazine rings is 1. The van der Waals surface area contributed by atoms with Gasteiger partial charge in [-0.3, -0.25) is 9.59 Å². The molecule has 2 amide bonds. The highest BCUT2D eigenvalue weighted by Gasteiger charge is 2.47. The van der Waals surface area contributed by atoms with Crippen molar-refractivity contribution < 1.29 is 22.8 Å². The molecule has 1 heterocycles. The van der Waals surface area contributed by atoms with Crippen molar-refractivity contribution in [2.45, 2.75) is 46.0 Å². The number of hydrogen-bond donors (Lipinski definition) is 1. The summed E-state index contributed by atoms with van der Waals surface area (Å²) in [6, 6.07) is -1.95. The number of halogens is 3. The number of amides is 2. The number of alkyl halides is 3. The fourth-order valence-electron chi connectivity index (χ4n) is 2.24. The van der Waals surface area contributed by atoms with E-state index in [1.807, 2.05) is 0 Å². The van der Waals surface area contributed by atoms with Crippen LogP contribution in [-0.2, 0) is 9.59 Å². The highest BCUT2D eigenvalue weighted by atomic mass is 19.4. The van der Waals surface area contributed by atoms with Gasteiger partial charge >= 0.3 is 6.18 Å². The zero-order chi connectivity index (χ0) is 15.0. The fourth-order valence-corrected chi connectivity index (χ4v) is 2.24. The molecule has 0 spiro atoms. The van der Waals surface area contributed by atoms with Crippen LogP contribution < -0.4 is 5.32 Å². The van der Waals surface area contributed by atoms with Crippen LogP contribution in [-0.4, -0.2) is 41.5 Å². The molecule has 4 nitrogen and oxygen atoms in total. The van der Waals surface area contributed by atoms with Gasteiger partial charge in [0.15, 0.2) is 0 Å². The number of carbonyl (C=O) groups excluding carboxylic acids is 2. The molecule has 7 heteroatoms. The van der Waals surface area contributed by atoms with Gasteiger partial charge in [-0.2, -0.15) is 13.2 Å². The van der Waals surface area contributed by atoms with Crippen molar-refractivity contribution in [3.8, 4) is 0 Å². The molecule has 0 aromatic carbocycles. The first kappa shape index (κ1) is 15.8. The molecule has 0 aliphatic carbocycles. The first-order valence-corrected chi connectivity index (χ1v) is 6.22. The lowest BCUT2D eigenvalue weighted by atomic mass is 9.93. The molecule has 0 aromatic rings. The Morgan fingerprint density at radius 2 is 1.68 bits per heavy atom. The maximum Gasteiger partial charge on any atom is 0.406 e. The molecule has 1 saturated heterocycles. The second-order valence-electron chi connectivity index (χ2n) is 5.50. The van der Waals surface area contributed by atoms with Gasteiger partial charge in [0.05, 0.1) is 0 Å². The van der Waals surface area contributed by atoms with Crippen molar-refractivity contribution in [2.24, 2.45) is 11.8 Å². The van der Waals surface area contributed by atoms with Crippen molar-refractivity contribution >= 4 is 11.8 Å². The summed E-state index contributed by atoms with van der Waals surface area (Å²) < 4.78 is 37.7. The second-order valence-corrected chi connectivity index (χ2v) is 5.50. The number of carbonyl (C=O) groups is 2. The SMILES string of the molecule is CC(C)C1NC(=O)C(C(C)C)N(CC(F)(F)F)C1=O. The number of rotatable bonds is 3. The third-order valence-electron chi connectivity index (χ3n) is 3.10. The van der Waals surface area contributed by atoms with E-state index in [1.165, 1.54) is 0 Å². The van der Waals surface area contributed by atoms with Crippen LogP contribution in [0.4, 0.5) is 13.2 Å². The summed E-state index contributed by atoms with van der Waals surface area (Å²) in [5.74, 6) is -1.80. The van der Waals surface area contributed by atoms with E-state index in [-0.39, 0.29) is 11.8 Å². The number of nitrogens with zero attached hydrogens (tertiary/aromatic N) is 1. The molecule has 0 saturated carbocycles. The number of nitrogens with one attached hydrogen (secondary N) is 1. The molecule has 2 atom stereocenters. The minimum atomic E-state index is -4.51. The topological polar surface area (TPSA) is 49.4 Å². The van der Waals surface area contributed by atoms with E-state index in [2.05, 4.69) is 5.32 Å². The molecular weight excluding hydrogens is 261 g/mol. The molecular formula is C12H19F3N2O2. The fraction of sp³-hybridized carbons (Fsp3) is 0.833. The van der Waals surface area contributed by atoms with Crippen LogP contribution in [0.1, 0.15) is 27.7 Å². The molecule has 0 bridgehead atoms. The Morgan fingerprint density at radius 3 is 2.05 bits per heavy atom. The summed E-state index contributed by atoms with van der Waals surface area (Å²) in [5, 5.41) is 2.52. The average molecular weight is 280 g/mol. The monoisotopic (exact) mass is 280 g/mol. The van der Waals surface area contributed by atoms with Gasteiger partial charge < -0.3 is 10.2 Å². The molecule has 2 unspecified atom stereocenters. The Balaban J connectivity index is 3.07. The summed E-state index contributed by atoms with van der Waals surface area (Å²) in [7, 11) is 0. The molecule has 0 radical (unpaired) electrons. The van der Waals surface area contributed by atoms with Gasteiger partial charge in [-0.15, -0.1) is 0 Å². The molecule has 1 aliphatic rings. The van der Waals surface area contributed by atoms with E-state index in [1.54, 1.807) is 27.7 Å². The lowest BCUT2D eigenvalue weighted by Crippen LogP contribution is -2.67. The van der Waals surface area contributed by atoms with Gasteiger partial charge in [-0.05, 0) is 11.8 Å². The largest absolute Gasteiger partial charge is 0.406 e. The third-order valence-corrected chi connectivity index (χ3v) is 3.10. The molecule has 1 N–H and O–H groups in total. The standard InChI is InChI=1S/C12H19F3N2O2/c1-6(2)8-11(19)17(5-12(13,14)15)9(7(3)4)10(18)16-8/h6-9H,5H2,1-4H3,(H,16,18). The predicted octanol–water partition coefficient (Wildman–Crippen LogP) is 1.56. The Hall–Kier alpha value is -1.27. The zero-order valence-corrected chi connectivity index (χ0v) is 11.4. The summed E-state index contributed by atoms with van der Waals surface area (Å²) in [6.45, 7) is 5.23. The summed E-state index contributed by atoms with van der Waals surface area (Å²) in [6.07, 6.45) is -4.51. The first-order valence-electron chi connectivity index (χ1n) is 6.22. The van der Waals surface area contributed by atoms with Crippen LogP contribution in [0.15, 0.2) is 0 Å². The molecule has 19 heavy (non-hydrogen) atoms. The lowest BCUT2D eigenvalue weighted by molar-refractivity contribution is -0.177. The average Bonchev–Trinajstić information content (AvgIpc) is 2.19. The third kappa shape index (κ3) is 3.61. The highest BCUT2D eigenvalue weighted by Crippen LogP contribution is 2.25. The van der Waals surface area contributed by atoms with Gasteiger partial charge in [0.25, 0.3) is 0 Å². The van der Waals surface area contributed by atoms with Crippen LogP contribution in [0.3, 0.4) is 0 Å². The van der Waals surface area contributed by atoms with Crippen LogP contribution in [0, 0.1) is 11.8 Å². The van der Waals surface area contributed by atoms with E-state index in [9.17, 15) is 22.8 Å². The minimum Gasteiger partial charge on any atom is -0.342 e. The van der Waals surface area contributed by atoms with Gasteiger partial charge in [0.1, 0.15) is 18.6 Å². The Morgan fingerprint density at radius 1 is 1.16 bits per heavy atom. The molecule has 0 aromatic heterocycles. The summed E-state index contributed by atoms with van der Waals surface area (Å²) >= 11 is 0. The molecule has 110 valence electrons. The van der Waals surface area contributed by atoms with Gasteiger partial charge in [-0.1, -0.05) is 27.7 Å². The lowest BCUT2D eigenvalue weighted by Gasteiger charge is -2.42.